The molecule has 3 rings (SSSR count). The molecular weight excluding hydrogens is 461 g/mol. The first-order valence-corrected chi connectivity index (χ1v) is 9.84. The number of nitrogens with zero attached hydrogens (tertiary/aromatic N) is 4. The summed E-state index contributed by atoms with van der Waals surface area (Å²) in [6, 6.07) is 0. The van der Waals surface area contributed by atoms with E-state index in [1.54, 1.807) is 6.92 Å². The third-order valence-corrected chi connectivity index (χ3v) is 5.51. The lowest BCUT2D eigenvalue weighted by Crippen LogP contribution is -2.54. The van der Waals surface area contributed by atoms with Crippen molar-refractivity contribution >= 4 is 35.8 Å². The Kier molecular flexibility index (Phi) is 9.54. The summed E-state index contributed by atoms with van der Waals surface area (Å²) in [4.78, 5) is 22.5. The summed E-state index contributed by atoms with van der Waals surface area (Å²) in [6.07, 6.45) is 2.60. The molecule has 3 heterocycles. The molecule has 2 atom stereocenters. The fraction of sp³-hybridized carbons (Fsp3) is 0.889. The highest BCUT2D eigenvalue weighted by molar-refractivity contribution is 14.0. The lowest BCUT2D eigenvalue weighted by molar-refractivity contribution is -0.130. The first kappa shape index (κ1) is 22.6. The Morgan fingerprint density at radius 2 is 1.81 bits per heavy atom. The number of nitrogens with one attached hydrogen (secondary N) is 1. The molecule has 0 aromatic heterocycles. The van der Waals surface area contributed by atoms with Crippen molar-refractivity contribution < 1.29 is 14.3 Å². The van der Waals surface area contributed by atoms with Gasteiger partial charge in [0.1, 0.15) is 6.10 Å². The molecule has 156 valence electrons. The molecule has 3 fully saturated rings. The maximum absolute atomic E-state index is 11.4. The largest absolute Gasteiger partial charge is 0.375 e. The molecule has 2 unspecified atom stereocenters. The summed E-state index contributed by atoms with van der Waals surface area (Å²) >= 11 is 0. The number of hydrogen-bond donors (Lipinski definition) is 1. The summed E-state index contributed by atoms with van der Waals surface area (Å²) in [7, 11) is 1.84. The molecule has 0 bridgehead atoms. The van der Waals surface area contributed by atoms with Gasteiger partial charge in [0.15, 0.2) is 5.96 Å². The summed E-state index contributed by atoms with van der Waals surface area (Å²) in [6.45, 7) is 10.3. The van der Waals surface area contributed by atoms with Crippen LogP contribution in [-0.4, -0.2) is 111 Å². The number of aliphatic imine (C=N–C) groups is 1. The van der Waals surface area contributed by atoms with Gasteiger partial charge in [-0.3, -0.25) is 14.7 Å². The van der Waals surface area contributed by atoms with Crippen LogP contribution < -0.4 is 5.32 Å². The molecular formula is C18H34IN5O3. The number of halogens is 1. The number of piperazine rings is 1. The molecule has 0 saturated carbocycles. The number of ether oxygens (including phenoxy) is 2. The Morgan fingerprint density at radius 3 is 2.44 bits per heavy atom. The molecule has 0 spiro atoms. The Balaban J connectivity index is 0.00000261. The zero-order chi connectivity index (χ0) is 18.4. The van der Waals surface area contributed by atoms with Gasteiger partial charge in [0.25, 0.3) is 0 Å². The second-order valence-corrected chi connectivity index (χ2v) is 7.23. The van der Waals surface area contributed by atoms with Crippen molar-refractivity contribution in [3.63, 3.8) is 0 Å². The summed E-state index contributed by atoms with van der Waals surface area (Å²) < 4.78 is 11.7. The van der Waals surface area contributed by atoms with E-state index in [0.717, 1.165) is 84.4 Å². The molecule has 27 heavy (non-hydrogen) atoms. The van der Waals surface area contributed by atoms with Crippen LogP contribution in [0.3, 0.4) is 0 Å². The quantitative estimate of drug-likeness (QED) is 0.342. The Bertz CT molecular complexity index is 493. The first-order chi connectivity index (χ1) is 12.7. The van der Waals surface area contributed by atoms with E-state index < -0.39 is 0 Å². The van der Waals surface area contributed by atoms with Gasteiger partial charge in [-0.1, -0.05) is 0 Å². The lowest BCUT2D eigenvalue weighted by Gasteiger charge is -2.37. The molecule has 3 aliphatic rings. The van der Waals surface area contributed by atoms with Crippen LogP contribution in [0.25, 0.3) is 0 Å². The minimum atomic E-state index is 0. The highest BCUT2D eigenvalue weighted by Crippen LogP contribution is 2.21. The summed E-state index contributed by atoms with van der Waals surface area (Å²) in [5, 5.41) is 3.49. The molecule has 0 radical (unpaired) electrons. The second kappa shape index (κ2) is 11.4. The van der Waals surface area contributed by atoms with Crippen LogP contribution in [-0.2, 0) is 14.3 Å². The van der Waals surface area contributed by atoms with Crippen LogP contribution in [0.2, 0.25) is 0 Å². The van der Waals surface area contributed by atoms with Crippen molar-refractivity contribution in [3.8, 4) is 0 Å². The molecule has 9 heteroatoms. The number of guanidine groups is 1. The number of morpholine rings is 1. The zero-order valence-electron chi connectivity index (χ0n) is 16.6. The van der Waals surface area contributed by atoms with E-state index in [2.05, 4.69) is 20.1 Å². The normalized spacial score (nSPS) is 27.4. The minimum Gasteiger partial charge on any atom is -0.375 e. The van der Waals surface area contributed by atoms with Gasteiger partial charge >= 0.3 is 0 Å². The Morgan fingerprint density at radius 1 is 1.07 bits per heavy atom. The van der Waals surface area contributed by atoms with Crippen LogP contribution >= 0.6 is 24.0 Å². The van der Waals surface area contributed by atoms with E-state index in [1.807, 2.05) is 11.9 Å². The van der Waals surface area contributed by atoms with Gasteiger partial charge in [-0.2, -0.15) is 0 Å². The first-order valence-electron chi connectivity index (χ1n) is 9.84. The van der Waals surface area contributed by atoms with Crippen LogP contribution in [0.15, 0.2) is 4.99 Å². The van der Waals surface area contributed by atoms with E-state index in [4.69, 9.17) is 9.47 Å². The smallest absolute Gasteiger partial charge is 0.219 e. The Hall–Kier alpha value is -0.650. The van der Waals surface area contributed by atoms with Gasteiger partial charge in [0.05, 0.1) is 12.7 Å². The fourth-order valence-corrected chi connectivity index (χ4v) is 3.93. The van der Waals surface area contributed by atoms with E-state index in [9.17, 15) is 4.79 Å². The molecule has 1 N–H and O–H groups in total. The van der Waals surface area contributed by atoms with Crippen molar-refractivity contribution in [1.82, 2.24) is 20.0 Å². The van der Waals surface area contributed by atoms with Gasteiger partial charge < -0.3 is 24.6 Å². The van der Waals surface area contributed by atoms with E-state index in [0.29, 0.717) is 0 Å². The molecule has 0 aliphatic carbocycles. The van der Waals surface area contributed by atoms with Crippen LogP contribution in [0, 0.1) is 0 Å². The third kappa shape index (κ3) is 6.43. The molecule has 0 aromatic rings. The van der Waals surface area contributed by atoms with Crippen molar-refractivity contribution in [1.29, 1.82) is 0 Å². The van der Waals surface area contributed by atoms with E-state index in [-0.39, 0.29) is 42.1 Å². The van der Waals surface area contributed by atoms with Crippen molar-refractivity contribution in [2.24, 2.45) is 4.99 Å². The molecule has 3 aliphatic heterocycles. The predicted molar refractivity (Wildman–Crippen MR) is 116 cm³/mol. The number of rotatable bonds is 4. The Labute approximate surface area is 179 Å². The maximum atomic E-state index is 11.4. The third-order valence-electron chi connectivity index (χ3n) is 5.51. The SMILES string of the molecule is CN=C(NCCN1CCN(C(C)=O)CC1)N1CCOC(C2CCCO2)C1.I. The summed E-state index contributed by atoms with van der Waals surface area (Å²) in [5.74, 6) is 1.12. The fourth-order valence-electron chi connectivity index (χ4n) is 3.93. The zero-order valence-corrected chi connectivity index (χ0v) is 18.9. The van der Waals surface area contributed by atoms with Crippen molar-refractivity contribution in [2.45, 2.75) is 32.0 Å². The number of carbonyl (C=O) groups is 1. The van der Waals surface area contributed by atoms with Crippen LogP contribution in [0.5, 0.6) is 0 Å². The minimum absolute atomic E-state index is 0. The maximum Gasteiger partial charge on any atom is 0.219 e. The van der Waals surface area contributed by atoms with Crippen LogP contribution in [0.1, 0.15) is 19.8 Å². The monoisotopic (exact) mass is 495 g/mol. The highest BCUT2D eigenvalue weighted by Gasteiger charge is 2.32. The average molecular weight is 495 g/mol. The van der Waals surface area contributed by atoms with Gasteiger partial charge in [-0.15, -0.1) is 24.0 Å². The highest BCUT2D eigenvalue weighted by atomic mass is 127. The van der Waals surface area contributed by atoms with Gasteiger partial charge in [-0.25, -0.2) is 0 Å². The van der Waals surface area contributed by atoms with E-state index >= 15 is 0 Å². The van der Waals surface area contributed by atoms with Crippen molar-refractivity contribution in [2.75, 3.05) is 72.6 Å². The summed E-state index contributed by atoms with van der Waals surface area (Å²) in [5.41, 5.74) is 0. The van der Waals surface area contributed by atoms with Gasteiger partial charge in [0.2, 0.25) is 5.91 Å². The number of hydrogen-bond acceptors (Lipinski definition) is 5. The predicted octanol–water partition coefficient (Wildman–Crippen LogP) is 0.224. The number of amides is 1. The molecule has 3 saturated heterocycles. The molecule has 8 nitrogen and oxygen atoms in total. The van der Waals surface area contributed by atoms with Gasteiger partial charge in [0, 0.05) is 72.9 Å². The number of carbonyl (C=O) groups excluding carboxylic acids is 1. The molecule has 1 amide bonds. The average Bonchev–Trinajstić information content (AvgIpc) is 3.20. The topological polar surface area (TPSA) is 69.6 Å². The van der Waals surface area contributed by atoms with Gasteiger partial charge in [-0.05, 0) is 12.8 Å². The van der Waals surface area contributed by atoms with Crippen LogP contribution in [0.4, 0.5) is 0 Å². The lowest BCUT2D eigenvalue weighted by atomic mass is 10.1. The van der Waals surface area contributed by atoms with E-state index in [1.165, 1.54) is 0 Å². The van der Waals surface area contributed by atoms with Crippen molar-refractivity contribution in [3.05, 3.63) is 0 Å². The second-order valence-electron chi connectivity index (χ2n) is 7.23. The standard InChI is InChI=1S/C18H33N5O3.HI/c1-15(24)22-9-7-21(8-10-22)6-5-20-18(19-2)23-11-13-26-17(14-23)16-4-3-12-25-16;/h16-17H,3-14H2,1-2H3,(H,19,20);1H. The molecule has 0 aromatic carbocycles.